The lowest BCUT2D eigenvalue weighted by molar-refractivity contribution is -0.137. The normalized spacial score (nSPS) is 17.6. The minimum Gasteiger partial charge on any atom is -0.342 e. The number of likely N-dealkylation sites (tertiary alicyclic amines) is 1. The highest BCUT2D eigenvalue weighted by molar-refractivity contribution is 5.78. The molecule has 1 heterocycles. The zero-order chi connectivity index (χ0) is 18.4. The van der Waals surface area contributed by atoms with Gasteiger partial charge in [0.15, 0.2) is 0 Å². The van der Waals surface area contributed by atoms with Gasteiger partial charge in [-0.25, -0.2) is 0 Å². The Morgan fingerprint density at radius 2 is 2.00 bits per heavy atom. The lowest BCUT2D eigenvalue weighted by Crippen LogP contribution is -2.42. The third kappa shape index (κ3) is 5.73. The third-order valence-electron chi connectivity index (χ3n) is 4.95. The van der Waals surface area contributed by atoms with Crippen molar-refractivity contribution in [2.45, 2.75) is 38.8 Å². The highest BCUT2D eigenvalue weighted by atomic mass is 19.4. The second-order valence-corrected chi connectivity index (χ2v) is 6.96. The summed E-state index contributed by atoms with van der Waals surface area (Å²) in [4.78, 5) is 14.5. The molecule has 3 nitrogen and oxygen atoms in total. The molecule has 2 rings (SSSR count). The number of halogens is 3. The maximum absolute atomic E-state index is 12.8. The van der Waals surface area contributed by atoms with Crippen molar-refractivity contribution in [1.29, 1.82) is 0 Å². The molecule has 1 atom stereocenters. The molecule has 1 saturated heterocycles. The van der Waals surface area contributed by atoms with Gasteiger partial charge in [-0.2, -0.15) is 13.2 Å². The Kier molecular flexibility index (Phi) is 6.87. The Morgan fingerprint density at radius 1 is 1.32 bits per heavy atom. The summed E-state index contributed by atoms with van der Waals surface area (Å²) < 4.78 is 38.4. The van der Waals surface area contributed by atoms with Crippen LogP contribution in [0, 0.1) is 11.8 Å². The van der Waals surface area contributed by atoms with Crippen molar-refractivity contribution in [2.24, 2.45) is 11.8 Å². The maximum Gasteiger partial charge on any atom is 0.416 e. The molecular formula is C19H27F3N2O. The van der Waals surface area contributed by atoms with Crippen LogP contribution in [-0.2, 0) is 17.4 Å². The Morgan fingerprint density at radius 3 is 2.60 bits per heavy atom. The number of carbonyl (C=O) groups excluding carboxylic acids is 1. The summed E-state index contributed by atoms with van der Waals surface area (Å²) in [5.41, 5.74) is -0.102. The number of rotatable bonds is 6. The van der Waals surface area contributed by atoms with Gasteiger partial charge in [0, 0.05) is 19.0 Å². The van der Waals surface area contributed by atoms with Gasteiger partial charge in [0.2, 0.25) is 5.91 Å². The first-order valence-electron chi connectivity index (χ1n) is 8.90. The molecule has 140 valence electrons. The van der Waals surface area contributed by atoms with Crippen LogP contribution < -0.4 is 5.32 Å². The van der Waals surface area contributed by atoms with Crippen molar-refractivity contribution in [3.05, 3.63) is 35.4 Å². The van der Waals surface area contributed by atoms with Gasteiger partial charge in [0.25, 0.3) is 0 Å². The molecule has 0 aromatic heterocycles. The Bertz CT molecular complexity index is 566. The predicted molar refractivity (Wildman–Crippen MR) is 92.2 cm³/mol. The van der Waals surface area contributed by atoms with Crippen LogP contribution in [0.4, 0.5) is 13.2 Å². The van der Waals surface area contributed by atoms with E-state index in [0.717, 1.165) is 51.0 Å². The van der Waals surface area contributed by atoms with Gasteiger partial charge in [-0.3, -0.25) is 4.79 Å². The van der Waals surface area contributed by atoms with Crippen LogP contribution >= 0.6 is 0 Å². The minimum atomic E-state index is -4.35. The van der Waals surface area contributed by atoms with Crippen molar-refractivity contribution in [2.75, 3.05) is 26.7 Å². The van der Waals surface area contributed by atoms with Gasteiger partial charge in [0.1, 0.15) is 0 Å². The van der Waals surface area contributed by atoms with Gasteiger partial charge in [-0.1, -0.05) is 25.1 Å². The zero-order valence-electron chi connectivity index (χ0n) is 14.9. The van der Waals surface area contributed by atoms with E-state index in [1.165, 1.54) is 6.07 Å². The molecule has 0 bridgehead atoms. The average Bonchev–Trinajstić information content (AvgIpc) is 2.59. The van der Waals surface area contributed by atoms with Crippen molar-refractivity contribution in [3.8, 4) is 0 Å². The van der Waals surface area contributed by atoms with Crippen LogP contribution in [0.1, 0.15) is 37.3 Å². The number of hydrogen-bond acceptors (Lipinski definition) is 2. The molecule has 6 heteroatoms. The predicted octanol–water partition coefficient (Wildman–Crippen LogP) is 3.73. The molecule has 1 fully saturated rings. The second-order valence-electron chi connectivity index (χ2n) is 6.96. The smallest absolute Gasteiger partial charge is 0.342 e. The van der Waals surface area contributed by atoms with E-state index >= 15 is 0 Å². The lowest BCUT2D eigenvalue weighted by Gasteiger charge is -2.33. The molecule has 0 spiro atoms. The second kappa shape index (κ2) is 8.70. The van der Waals surface area contributed by atoms with Crippen LogP contribution in [0.2, 0.25) is 0 Å². The fourth-order valence-electron chi connectivity index (χ4n) is 3.42. The quantitative estimate of drug-likeness (QED) is 0.842. The molecule has 1 aliphatic rings. The first kappa shape index (κ1) is 19.8. The Labute approximate surface area is 147 Å². The monoisotopic (exact) mass is 356 g/mol. The summed E-state index contributed by atoms with van der Waals surface area (Å²) in [6, 6.07) is 5.27. The van der Waals surface area contributed by atoms with E-state index in [1.807, 2.05) is 11.9 Å². The summed E-state index contributed by atoms with van der Waals surface area (Å²) in [6.45, 7) is 4.29. The fourth-order valence-corrected chi connectivity index (χ4v) is 3.42. The topological polar surface area (TPSA) is 32.3 Å². The van der Waals surface area contributed by atoms with Crippen molar-refractivity contribution in [1.82, 2.24) is 10.2 Å². The summed E-state index contributed by atoms with van der Waals surface area (Å²) >= 11 is 0. The first-order valence-corrected chi connectivity index (χ1v) is 8.90. The molecule has 1 aromatic rings. The Balaban J connectivity index is 1.89. The van der Waals surface area contributed by atoms with Crippen LogP contribution in [0.3, 0.4) is 0 Å². The molecule has 0 radical (unpaired) electrons. The number of nitrogens with one attached hydrogen (secondary N) is 1. The van der Waals surface area contributed by atoms with Crippen LogP contribution in [0.25, 0.3) is 0 Å². The SMILES string of the molecule is CNCCC1CCN(C(=O)C(C)Cc2cccc(C(F)(F)F)c2)CC1. The van der Waals surface area contributed by atoms with Crippen LogP contribution in [-0.4, -0.2) is 37.5 Å². The number of benzene rings is 1. The summed E-state index contributed by atoms with van der Waals surface area (Å²) in [5.74, 6) is 0.386. The number of nitrogens with zero attached hydrogens (tertiary/aromatic N) is 1. The molecular weight excluding hydrogens is 329 g/mol. The van der Waals surface area contributed by atoms with Gasteiger partial charge in [0.05, 0.1) is 5.56 Å². The minimum absolute atomic E-state index is 0.0458. The summed E-state index contributed by atoms with van der Waals surface area (Å²) in [5, 5.41) is 3.15. The van der Waals surface area contributed by atoms with E-state index in [0.29, 0.717) is 17.9 Å². The standard InChI is InChI=1S/C19H27F3N2O/c1-14(12-16-4-3-5-17(13-16)19(20,21)22)18(25)24-10-7-15(8-11-24)6-9-23-2/h3-5,13-15,23H,6-12H2,1-2H3. The molecule has 1 N–H and O–H groups in total. The van der Waals surface area contributed by atoms with E-state index in [4.69, 9.17) is 0 Å². The molecule has 25 heavy (non-hydrogen) atoms. The van der Waals surface area contributed by atoms with Gasteiger partial charge in [-0.15, -0.1) is 0 Å². The van der Waals surface area contributed by atoms with Crippen molar-refractivity contribution in [3.63, 3.8) is 0 Å². The molecule has 0 saturated carbocycles. The molecule has 1 amide bonds. The van der Waals surface area contributed by atoms with E-state index < -0.39 is 11.7 Å². The van der Waals surface area contributed by atoms with Crippen molar-refractivity contribution >= 4 is 5.91 Å². The summed E-state index contributed by atoms with van der Waals surface area (Å²) in [7, 11) is 1.94. The number of alkyl halides is 3. The zero-order valence-corrected chi connectivity index (χ0v) is 14.9. The van der Waals surface area contributed by atoms with E-state index in [1.54, 1.807) is 13.0 Å². The van der Waals surface area contributed by atoms with Gasteiger partial charge < -0.3 is 10.2 Å². The van der Waals surface area contributed by atoms with E-state index in [-0.39, 0.29) is 11.8 Å². The van der Waals surface area contributed by atoms with Gasteiger partial charge in [-0.05, 0) is 56.8 Å². The molecule has 0 aliphatic carbocycles. The number of hydrogen-bond donors (Lipinski definition) is 1. The lowest BCUT2D eigenvalue weighted by atomic mass is 9.92. The van der Waals surface area contributed by atoms with Gasteiger partial charge >= 0.3 is 6.18 Å². The third-order valence-corrected chi connectivity index (χ3v) is 4.95. The average molecular weight is 356 g/mol. The summed E-state index contributed by atoms with van der Waals surface area (Å²) in [6.07, 6.45) is -0.882. The Hall–Kier alpha value is -1.56. The molecule has 1 unspecified atom stereocenters. The highest BCUT2D eigenvalue weighted by Gasteiger charge is 2.31. The fraction of sp³-hybridized carbons (Fsp3) is 0.632. The number of amides is 1. The number of piperidine rings is 1. The highest BCUT2D eigenvalue weighted by Crippen LogP contribution is 2.30. The van der Waals surface area contributed by atoms with Crippen LogP contribution in [0.5, 0.6) is 0 Å². The maximum atomic E-state index is 12.8. The largest absolute Gasteiger partial charge is 0.416 e. The first-order chi connectivity index (χ1) is 11.8. The molecule has 1 aliphatic heterocycles. The van der Waals surface area contributed by atoms with E-state index in [9.17, 15) is 18.0 Å². The van der Waals surface area contributed by atoms with Crippen molar-refractivity contribution < 1.29 is 18.0 Å². The molecule has 1 aromatic carbocycles. The number of carbonyl (C=O) groups is 1. The van der Waals surface area contributed by atoms with Crippen LogP contribution in [0.15, 0.2) is 24.3 Å². The van der Waals surface area contributed by atoms with E-state index in [2.05, 4.69) is 5.32 Å².